The number of aliphatic hydroxyl groups excluding tert-OH is 2. The minimum absolute atomic E-state index is 0.140. The van der Waals surface area contributed by atoms with Gasteiger partial charge in [-0.2, -0.15) is 0 Å². The van der Waals surface area contributed by atoms with Crippen molar-refractivity contribution in [3.8, 4) is 0 Å². The average Bonchev–Trinajstić information content (AvgIpc) is 2.28. The molecule has 118 valence electrons. The van der Waals surface area contributed by atoms with Crippen LogP contribution >= 0.6 is 0 Å². The number of ether oxygens (including phenoxy) is 2. The molecule has 0 saturated carbocycles. The summed E-state index contributed by atoms with van der Waals surface area (Å²) in [5.41, 5.74) is -1.49. The molecular formula is C13H24O7. The first-order chi connectivity index (χ1) is 9.05. The maximum absolute atomic E-state index is 11.3. The van der Waals surface area contributed by atoms with Gasteiger partial charge in [-0.3, -0.25) is 0 Å². The van der Waals surface area contributed by atoms with Crippen molar-refractivity contribution >= 4 is 5.97 Å². The molecule has 0 aromatic heterocycles. The molecule has 7 nitrogen and oxygen atoms in total. The van der Waals surface area contributed by atoms with Crippen LogP contribution in [0.2, 0.25) is 0 Å². The number of hydrogen-bond acceptors (Lipinski definition) is 6. The van der Waals surface area contributed by atoms with Gasteiger partial charge >= 0.3 is 5.97 Å². The molecule has 0 aliphatic carbocycles. The first kappa shape index (κ1) is 17.3. The normalized spacial score (nSPS) is 35.3. The molecular weight excluding hydrogens is 268 g/mol. The van der Waals surface area contributed by atoms with Gasteiger partial charge in [0.05, 0.1) is 5.60 Å². The SMILES string of the molecule is CC(C)CO[C@@H]1C(C(=O)O)OC(C(C)(C)O)C(O)C1O. The van der Waals surface area contributed by atoms with Crippen molar-refractivity contribution in [3.63, 3.8) is 0 Å². The molecule has 7 heteroatoms. The summed E-state index contributed by atoms with van der Waals surface area (Å²) in [4.78, 5) is 11.3. The maximum atomic E-state index is 11.3. The smallest absolute Gasteiger partial charge is 0.335 e. The minimum Gasteiger partial charge on any atom is -0.479 e. The summed E-state index contributed by atoms with van der Waals surface area (Å²) in [7, 11) is 0. The largest absolute Gasteiger partial charge is 0.479 e. The lowest BCUT2D eigenvalue weighted by Crippen LogP contribution is -2.65. The second-order valence-electron chi connectivity index (χ2n) is 6.14. The summed E-state index contributed by atoms with van der Waals surface area (Å²) in [5.74, 6) is -1.17. The Morgan fingerprint density at radius 3 is 2.25 bits per heavy atom. The van der Waals surface area contributed by atoms with Crippen molar-refractivity contribution in [1.82, 2.24) is 0 Å². The van der Waals surface area contributed by atoms with Crippen LogP contribution in [0.1, 0.15) is 27.7 Å². The third kappa shape index (κ3) is 3.89. The molecule has 0 spiro atoms. The first-order valence-corrected chi connectivity index (χ1v) is 6.64. The number of aliphatic carboxylic acids is 1. The fraction of sp³-hybridized carbons (Fsp3) is 0.923. The Hall–Kier alpha value is -0.730. The molecule has 4 N–H and O–H groups in total. The predicted molar refractivity (Wildman–Crippen MR) is 69.2 cm³/mol. The van der Waals surface area contributed by atoms with Crippen LogP contribution in [0.3, 0.4) is 0 Å². The van der Waals surface area contributed by atoms with Crippen LogP contribution in [0.15, 0.2) is 0 Å². The van der Waals surface area contributed by atoms with Gasteiger partial charge in [0, 0.05) is 6.61 Å². The highest BCUT2D eigenvalue weighted by Gasteiger charge is 2.52. The second kappa shape index (κ2) is 6.36. The second-order valence-corrected chi connectivity index (χ2v) is 6.14. The van der Waals surface area contributed by atoms with Gasteiger partial charge in [-0.15, -0.1) is 0 Å². The van der Waals surface area contributed by atoms with Crippen molar-refractivity contribution in [2.45, 2.75) is 63.8 Å². The number of carboxylic acids is 1. The highest BCUT2D eigenvalue weighted by molar-refractivity contribution is 5.73. The molecule has 0 amide bonds. The lowest BCUT2D eigenvalue weighted by Gasteiger charge is -2.45. The number of aliphatic hydroxyl groups is 3. The summed E-state index contributed by atoms with van der Waals surface area (Å²) >= 11 is 0. The van der Waals surface area contributed by atoms with E-state index in [1.165, 1.54) is 13.8 Å². The molecule has 0 bridgehead atoms. The molecule has 5 atom stereocenters. The molecule has 1 saturated heterocycles. The van der Waals surface area contributed by atoms with Crippen molar-refractivity contribution in [2.75, 3.05) is 6.61 Å². The van der Waals surface area contributed by atoms with E-state index in [9.17, 15) is 25.2 Å². The summed E-state index contributed by atoms with van der Waals surface area (Å²) in [5, 5.41) is 39.2. The first-order valence-electron chi connectivity index (χ1n) is 6.64. The Labute approximate surface area is 118 Å². The van der Waals surface area contributed by atoms with Crippen molar-refractivity contribution < 1.29 is 34.7 Å². The Kier molecular flexibility index (Phi) is 5.51. The predicted octanol–water partition coefficient (Wildman–Crippen LogP) is -0.628. The lowest BCUT2D eigenvalue weighted by atomic mass is 9.87. The maximum Gasteiger partial charge on any atom is 0.335 e. The van der Waals surface area contributed by atoms with E-state index in [1.54, 1.807) is 0 Å². The third-order valence-electron chi connectivity index (χ3n) is 3.15. The van der Waals surface area contributed by atoms with Crippen molar-refractivity contribution in [3.05, 3.63) is 0 Å². The lowest BCUT2D eigenvalue weighted by molar-refractivity contribution is -0.267. The molecule has 0 aromatic carbocycles. The fourth-order valence-electron chi connectivity index (χ4n) is 2.14. The van der Waals surface area contributed by atoms with Gasteiger partial charge in [0.1, 0.15) is 24.4 Å². The van der Waals surface area contributed by atoms with Crippen LogP contribution in [-0.2, 0) is 14.3 Å². The van der Waals surface area contributed by atoms with E-state index in [0.717, 1.165) is 0 Å². The minimum atomic E-state index is -1.49. The molecule has 1 heterocycles. The zero-order valence-electron chi connectivity index (χ0n) is 12.2. The van der Waals surface area contributed by atoms with E-state index in [1.807, 2.05) is 13.8 Å². The van der Waals surface area contributed by atoms with E-state index in [4.69, 9.17) is 9.47 Å². The fourth-order valence-corrected chi connectivity index (χ4v) is 2.14. The Bertz CT molecular complexity index is 336. The quantitative estimate of drug-likeness (QED) is 0.533. The Morgan fingerprint density at radius 1 is 1.30 bits per heavy atom. The number of carbonyl (C=O) groups is 1. The van der Waals surface area contributed by atoms with Gasteiger partial charge in [0.15, 0.2) is 6.10 Å². The highest BCUT2D eigenvalue weighted by atomic mass is 16.6. The Morgan fingerprint density at radius 2 is 1.85 bits per heavy atom. The van der Waals surface area contributed by atoms with Gasteiger partial charge in [-0.25, -0.2) is 4.79 Å². The van der Waals surface area contributed by atoms with E-state index < -0.39 is 42.1 Å². The van der Waals surface area contributed by atoms with Gasteiger partial charge in [-0.1, -0.05) is 13.8 Å². The summed E-state index contributed by atoms with van der Waals surface area (Å²) in [6.45, 7) is 6.74. The van der Waals surface area contributed by atoms with E-state index >= 15 is 0 Å². The third-order valence-corrected chi connectivity index (χ3v) is 3.15. The van der Waals surface area contributed by atoms with E-state index in [0.29, 0.717) is 0 Å². The van der Waals surface area contributed by atoms with Crippen molar-refractivity contribution in [2.24, 2.45) is 5.92 Å². The average molecular weight is 292 g/mol. The number of carboxylic acid groups (broad SMARTS) is 1. The molecule has 1 fully saturated rings. The number of hydrogen-bond donors (Lipinski definition) is 4. The zero-order chi connectivity index (χ0) is 15.7. The van der Waals surface area contributed by atoms with E-state index in [-0.39, 0.29) is 12.5 Å². The Balaban J connectivity index is 2.93. The molecule has 0 aromatic rings. The van der Waals surface area contributed by atoms with Gasteiger partial charge in [0.25, 0.3) is 0 Å². The van der Waals surface area contributed by atoms with Gasteiger partial charge in [0.2, 0.25) is 0 Å². The van der Waals surface area contributed by atoms with Gasteiger partial charge < -0.3 is 29.9 Å². The molecule has 1 aliphatic rings. The standard InChI is InChI=1S/C13H24O7/c1-6(2)5-19-9-7(14)8(15)11(13(3,4)18)20-10(9)12(16)17/h6-11,14-15,18H,5H2,1-4H3,(H,16,17)/t7?,8?,9-,10?,11?/m0/s1. The highest BCUT2D eigenvalue weighted by Crippen LogP contribution is 2.30. The molecule has 0 radical (unpaired) electrons. The molecule has 20 heavy (non-hydrogen) atoms. The number of rotatable bonds is 5. The van der Waals surface area contributed by atoms with Crippen LogP contribution in [0.5, 0.6) is 0 Å². The van der Waals surface area contributed by atoms with Crippen LogP contribution in [0.4, 0.5) is 0 Å². The molecule has 1 aliphatic heterocycles. The van der Waals surface area contributed by atoms with E-state index in [2.05, 4.69) is 0 Å². The van der Waals surface area contributed by atoms with Gasteiger partial charge in [-0.05, 0) is 19.8 Å². The topological polar surface area (TPSA) is 116 Å². The van der Waals surface area contributed by atoms with Crippen LogP contribution in [-0.4, -0.2) is 69.1 Å². The van der Waals surface area contributed by atoms with Crippen LogP contribution in [0, 0.1) is 5.92 Å². The van der Waals surface area contributed by atoms with Crippen LogP contribution < -0.4 is 0 Å². The van der Waals surface area contributed by atoms with Crippen LogP contribution in [0.25, 0.3) is 0 Å². The summed E-state index contributed by atoms with van der Waals surface area (Å²) in [6.07, 6.45) is -6.70. The monoisotopic (exact) mass is 292 g/mol. The molecule has 4 unspecified atom stereocenters. The zero-order valence-corrected chi connectivity index (χ0v) is 12.2. The molecule has 1 rings (SSSR count). The van der Waals surface area contributed by atoms with Crippen molar-refractivity contribution in [1.29, 1.82) is 0 Å². The summed E-state index contributed by atoms with van der Waals surface area (Å²) < 4.78 is 10.6. The summed E-state index contributed by atoms with van der Waals surface area (Å²) in [6, 6.07) is 0.